The van der Waals surface area contributed by atoms with Crippen LogP contribution in [0.1, 0.15) is 38.3 Å². The lowest BCUT2D eigenvalue weighted by molar-refractivity contribution is 0.0977. The lowest BCUT2D eigenvalue weighted by Crippen LogP contribution is -2.25. The van der Waals surface area contributed by atoms with Gasteiger partial charge in [0.15, 0.2) is 17.3 Å². The molecule has 4 N–H and O–H groups in total. The van der Waals surface area contributed by atoms with Gasteiger partial charge in [-0.15, -0.1) is 0 Å². The summed E-state index contributed by atoms with van der Waals surface area (Å²) in [5, 5.41) is 10.5. The summed E-state index contributed by atoms with van der Waals surface area (Å²) < 4.78 is 37.9. The molecule has 1 aliphatic rings. The zero-order valence-corrected chi connectivity index (χ0v) is 19.0. The van der Waals surface area contributed by atoms with Gasteiger partial charge in [-0.1, -0.05) is 24.3 Å². The molecule has 0 saturated carbocycles. The van der Waals surface area contributed by atoms with Crippen molar-refractivity contribution in [3.05, 3.63) is 76.9 Å². The Kier molecular flexibility index (Phi) is 6.38. The molecule has 0 aliphatic heterocycles. The first kappa shape index (κ1) is 23.4. The number of carbonyl (C=O) groups is 2. The molecule has 176 valence electrons. The number of nitrogen functional groups attached to an aromatic ring is 1. The SMILES string of the molecule is COCCCNS(=O)(=O)c1ccc(Oc2cc(O)c3c(c2N)C(=O)c2ccccc2C3=O)cc1. The fourth-order valence-corrected chi connectivity index (χ4v) is 4.75. The van der Waals surface area contributed by atoms with Gasteiger partial charge in [-0.3, -0.25) is 9.59 Å². The van der Waals surface area contributed by atoms with Gasteiger partial charge in [0.25, 0.3) is 0 Å². The summed E-state index contributed by atoms with van der Waals surface area (Å²) in [5.41, 5.74) is 6.17. The molecule has 34 heavy (non-hydrogen) atoms. The summed E-state index contributed by atoms with van der Waals surface area (Å²) in [4.78, 5) is 25.9. The minimum absolute atomic E-state index is 0.0370. The second-order valence-corrected chi connectivity index (χ2v) is 9.35. The smallest absolute Gasteiger partial charge is 0.240 e. The van der Waals surface area contributed by atoms with Crippen molar-refractivity contribution in [1.82, 2.24) is 4.72 Å². The van der Waals surface area contributed by atoms with E-state index in [0.717, 1.165) is 6.07 Å². The largest absolute Gasteiger partial charge is 0.507 e. The van der Waals surface area contributed by atoms with Crippen molar-refractivity contribution in [2.24, 2.45) is 0 Å². The highest BCUT2D eigenvalue weighted by atomic mass is 32.2. The van der Waals surface area contributed by atoms with Crippen LogP contribution < -0.4 is 15.2 Å². The molecule has 4 rings (SSSR count). The molecular formula is C24H22N2O7S. The van der Waals surface area contributed by atoms with Crippen LogP contribution in [0.4, 0.5) is 5.69 Å². The van der Waals surface area contributed by atoms with Crippen molar-refractivity contribution in [2.75, 3.05) is 26.0 Å². The predicted molar refractivity (Wildman–Crippen MR) is 124 cm³/mol. The molecular weight excluding hydrogens is 460 g/mol. The molecule has 1 aliphatic carbocycles. The Morgan fingerprint density at radius 3 is 2.21 bits per heavy atom. The molecule has 10 heteroatoms. The van der Waals surface area contributed by atoms with Crippen LogP contribution in [0.15, 0.2) is 59.5 Å². The zero-order chi connectivity index (χ0) is 24.5. The predicted octanol–water partition coefficient (Wildman–Crippen LogP) is 2.86. The van der Waals surface area contributed by atoms with Gasteiger partial charge in [0, 0.05) is 37.5 Å². The van der Waals surface area contributed by atoms with E-state index < -0.39 is 27.3 Å². The normalized spacial score (nSPS) is 12.9. The Balaban J connectivity index is 1.61. The first-order valence-electron chi connectivity index (χ1n) is 10.3. The monoisotopic (exact) mass is 482 g/mol. The van der Waals surface area contributed by atoms with E-state index in [1.54, 1.807) is 12.1 Å². The minimum atomic E-state index is -3.71. The number of benzene rings is 3. The summed E-state index contributed by atoms with van der Waals surface area (Å²) in [6.07, 6.45) is 0.531. The number of carbonyl (C=O) groups excluding carboxylic acids is 2. The summed E-state index contributed by atoms with van der Waals surface area (Å²) in [7, 11) is -2.17. The van der Waals surface area contributed by atoms with E-state index >= 15 is 0 Å². The molecule has 0 atom stereocenters. The number of rotatable bonds is 8. The summed E-state index contributed by atoms with van der Waals surface area (Å²) in [6.45, 7) is 0.666. The van der Waals surface area contributed by atoms with Gasteiger partial charge in [-0.2, -0.15) is 0 Å². The third kappa shape index (κ3) is 4.26. The van der Waals surface area contributed by atoms with Gasteiger partial charge >= 0.3 is 0 Å². The molecule has 0 amide bonds. The maximum atomic E-state index is 13.0. The number of fused-ring (bicyclic) bond motifs is 2. The number of hydrogen-bond acceptors (Lipinski definition) is 8. The quantitative estimate of drug-likeness (QED) is 0.197. The van der Waals surface area contributed by atoms with Crippen LogP contribution >= 0.6 is 0 Å². The number of ether oxygens (including phenoxy) is 2. The second kappa shape index (κ2) is 9.26. The minimum Gasteiger partial charge on any atom is -0.507 e. The standard InChI is InChI=1S/C24H22N2O7S/c1-32-12-4-11-26-34(30,31)15-9-7-14(8-10-15)33-19-13-18(27)20-21(22(19)25)24(29)17-6-3-2-5-16(17)23(20)28/h2-3,5-10,13,26-27H,4,11-12,25H2,1H3. The summed E-state index contributed by atoms with van der Waals surface area (Å²) in [5.74, 6) is -1.26. The molecule has 3 aromatic carbocycles. The number of sulfonamides is 1. The highest BCUT2D eigenvalue weighted by Crippen LogP contribution is 2.42. The van der Waals surface area contributed by atoms with Crippen LogP contribution in [0.5, 0.6) is 17.2 Å². The van der Waals surface area contributed by atoms with Gasteiger partial charge in [-0.05, 0) is 30.7 Å². The molecule has 0 fully saturated rings. The Hall–Kier alpha value is -3.73. The highest BCUT2D eigenvalue weighted by Gasteiger charge is 2.35. The van der Waals surface area contributed by atoms with Crippen LogP contribution in [0, 0.1) is 0 Å². The topological polar surface area (TPSA) is 145 Å². The van der Waals surface area contributed by atoms with E-state index in [1.165, 1.54) is 43.5 Å². The van der Waals surface area contributed by atoms with Gasteiger partial charge in [0.2, 0.25) is 10.0 Å². The first-order valence-corrected chi connectivity index (χ1v) is 11.8. The van der Waals surface area contributed by atoms with E-state index in [9.17, 15) is 23.1 Å². The van der Waals surface area contributed by atoms with Crippen molar-refractivity contribution >= 4 is 27.3 Å². The van der Waals surface area contributed by atoms with Crippen molar-refractivity contribution < 1.29 is 32.6 Å². The number of phenols is 1. The summed E-state index contributed by atoms with van der Waals surface area (Å²) >= 11 is 0. The third-order valence-electron chi connectivity index (χ3n) is 5.36. The van der Waals surface area contributed by atoms with Crippen LogP contribution in [-0.4, -0.2) is 45.4 Å². The molecule has 0 spiro atoms. The number of ketones is 2. The van der Waals surface area contributed by atoms with Crippen molar-refractivity contribution in [1.29, 1.82) is 0 Å². The maximum Gasteiger partial charge on any atom is 0.240 e. The number of nitrogens with two attached hydrogens (primary N) is 1. The Bertz CT molecular complexity index is 1380. The lowest BCUT2D eigenvalue weighted by Gasteiger charge is -2.21. The third-order valence-corrected chi connectivity index (χ3v) is 6.84. The van der Waals surface area contributed by atoms with Crippen molar-refractivity contribution in [3.63, 3.8) is 0 Å². The number of aromatic hydroxyl groups is 1. The number of methoxy groups -OCH3 is 1. The molecule has 0 unspecified atom stereocenters. The van der Waals surface area contributed by atoms with E-state index in [2.05, 4.69) is 4.72 Å². The zero-order valence-electron chi connectivity index (χ0n) is 18.2. The average molecular weight is 483 g/mol. The van der Waals surface area contributed by atoms with Crippen LogP contribution in [0.3, 0.4) is 0 Å². The number of anilines is 1. The molecule has 0 bridgehead atoms. The molecule has 0 aromatic heterocycles. The van der Waals surface area contributed by atoms with Crippen LogP contribution in [-0.2, 0) is 14.8 Å². The Morgan fingerprint density at radius 1 is 0.971 bits per heavy atom. The van der Waals surface area contributed by atoms with Gasteiger partial charge in [0.1, 0.15) is 11.5 Å². The Labute approximate surface area is 196 Å². The van der Waals surface area contributed by atoms with Crippen molar-refractivity contribution in [3.8, 4) is 17.2 Å². The molecule has 0 radical (unpaired) electrons. The highest BCUT2D eigenvalue weighted by molar-refractivity contribution is 7.89. The first-order chi connectivity index (χ1) is 16.2. The number of hydrogen-bond donors (Lipinski definition) is 3. The summed E-state index contributed by atoms with van der Waals surface area (Å²) in [6, 6.07) is 13.0. The maximum absolute atomic E-state index is 13.0. The van der Waals surface area contributed by atoms with Crippen LogP contribution in [0.2, 0.25) is 0 Å². The molecule has 0 heterocycles. The van der Waals surface area contributed by atoms with Gasteiger partial charge in [-0.25, -0.2) is 13.1 Å². The molecule has 9 nitrogen and oxygen atoms in total. The second-order valence-electron chi connectivity index (χ2n) is 7.58. The molecule has 3 aromatic rings. The molecule has 0 saturated heterocycles. The lowest BCUT2D eigenvalue weighted by atomic mass is 9.82. The number of phenolic OH excluding ortho intramolecular Hbond substituents is 1. The Morgan fingerprint density at radius 2 is 1.59 bits per heavy atom. The van der Waals surface area contributed by atoms with Crippen molar-refractivity contribution in [2.45, 2.75) is 11.3 Å². The van der Waals surface area contributed by atoms with E-state index in [4.69, 9.17) is 15.2 Å². The fourth-order valence-electron chi connectivity index (χ4n) is 3.68. The van der Waals surface area contributed by atoms with Gasteiger partial charge < -0.3 is 20.3 Å². The van der Waals surface area contributed by atoms with E-state index in [0.29, 0.717) is 13.0 Å². The average Bonchev–Trinajstić information content (AvgIpc) is 2.83. The van der Waals surface area contributed by atoms with E-state index in [-0.39, 0.29) is 50.9 Å². The number of nitrogens with one attached hydrogen (secondary N) is 1. The fraction of sp³-hybridized carbons (Fsp3) is 0.167. The van der Waals surface area contributed by atoms with Crippen LogP contribution in [0.25, 0.3) is 0 Å². The van der Waals surface area contributed by atoms with E-state index in [1.807, 2.05) is 0 Å². The van der Waals surface area contributed by atoms with Gasteiger partial charge in [0.05, 0.1) is 21.7 Å².